The van der Waals surface area contributed by atoms with Crippen LogP contribution in [-0.2, 0) is 4.79 Å². The number of amides is 2. The number of carboxylic acid groups (broad SMARTS) is 1. The molecule has 1 aliphatic carbocycles. The van der Waals surface area contributed by atoms with Gasteiger partial charge in [-0.3, -0.25) is 0 Å². The molecule has 2 amide bonds. The van der Waals surface area contributed by atoms with Crippen LogP contribution in [0.25, 0.3) is 0 Å². The van der Waals surface area contributed by atoms with Crippen molar-refractivity contribution in [2.24, 2.45) is 0 Å². The minimum atomic E-state index is -1.01. The Labute approximate surface area is 105 Å². The molecule has 17 heavy (non-hydrogen) atoms. The van der Waals surface area contributed by atoms with E-state index < -0.39 is 11.5 Å². The van der Waals surface area contributed by atoms with Crippen LogP contribution in [0.4, 0.5) is 4.79 Å². The summed E-state index contributed by atoms with van der Waals surface area (Å²) in [5.41, 5.74) is -1.01. The predicted molar refractivity (Wildman–Crippen MR) is 66.2 cm³/mol. The fraction of sp³-hybridized carbons (Fsp3) is 0.818. The number of urea groups is 1. The molecule has 1 saturated carbocycles. The highest BCUT2D eigenvalue weighted by Crippen LogP contribution is 2.32. The fourth-order valence-electron chi connectivity index (χ4n) is 2.20. The molecule has 6 heteroatoms. The summed E-state index contributed by atoms with van der Waals surface area (Å²) in [5.74, 6) is 0.238. The molecule has 2 aliphatic rings. The average Bonchev–Trinajstić information content (AvgIpc) is 2.72. The van der Waals surface area contributed by atoms with Gasteiger partial charge in [-0.05, 0) is 37.9 Å². The van der Waals surface area contributed by atoms with Crippen molar-refractivity contribution in [2.45, 2.75) is 42.9 Å². The molecule has 1 aliphatic heterocycles. The topological polar surface area (TPSA) is 78.4 Å². The van der Waals surface area contributed by atoms with Crippen molar-refractivity contribution in [3.05, 3.63) is 0 Å². The number of hydrogen-bond acceptors (Lipinski definition) is 3. The van der Waals surface area contributed by atoms with E-state index in [1.165, 1.54) is 6.42 Å². The minimum Gasteiger partial charge on any atom is -0.480 e. The maximum Gasteiger partial charge on any atom is 0.329 e. The monoisotopic (exact) mass is 258 g/mol. The van der Waals surface area contributed by atoms with Gasteiger partial charge in [0.25, 0.3) is 0 Å². The summed E-state index contributed by atoms with van der Waals surface area (Å²) in [6.45, 7) is 0.631. The first-order valence-corrected chi connectivity index (χ1v) is 7.08. The van der Waals surface area contributed by atoms with E-state index in [1.807, 2.05) is 11.8 Å². The molecule has 1 atom stereocenters. The van der Waals surface area contributed by atoms with E-state index in [1.54, 1.807) is 0 Å². The van der Waals surface area contributed by atoms with Gasteiger partial charge in [0.2, 0.25) is 0 Å². The number of carboxylic acids is 1. The van der Waals surface area contributed by atoms with Crippen molar-refractivity contribution in [2.75, 3.05) is 12.3 Å². The molecular weight excluding hydrogens is 240 g/mol. The third-order valence-electron chi connectivity index (χ3n) is 3.48. The second-order valence-corrected chi connectivity index (χ2v) is 6.12. The Morgan fingerprint density at radius 3 is 2.59 bits per heavy atom. The van der Waals surface area contributed by atoms with Gasteiger partial charge in [-0.25, -0.2) is 9.59 Å². The van der Waals surface area contributed by atoms with Gasteiger partial charge in [-0.2, -0.15) is 11.8 Å². The Kier molecular flexibility index (Phi) is 3.81. The Hall–Kier alpha value is -0.910. The summed E-state index contributed by atoms with van der Waals surface area (Å²) in [5, 5.41) is 14.9. The molecule has 0 aromatic rings. The molecule has 0 aromatic carbocycles. The summed E-state index contributed by atoms with van der Waals surface area (Å²) >= 11 is 1.87. The maximum absolute atomic E-state index is 11.6. The molecule has 1 saturated heterocycles. The van der Waals surface area contributed by atoms with E-state index in [0.717, 1.165) is 18.6 Å². The van der Waals surface area contributed by atoms with E-state index in [4.69, 9.17) is 5.11 Å². The lowest BCUT2D eigenvalue weighted by Gasteiger charge is -2.38. The van der Waals surface area contributed by atoms with Gasteiger partial charge in [-0.15, -0.1) is 0 Å². The summed E-state index contributed by atoms with van der Waals surface area (Å²) in [4.78, 5) is 22.7. The number of rotatable bonds is 4. The highest BCUT2D eigenvalue weighted by molar-refractivity contribution is 8.00. The van der Waals surface area contributed by atoms with Crippen LogP contribution in [-0.4, -0.2) is 40.2 Å². The van der Waals surface area contributed by atoms with Crippen LogP contribution in [0, 0.1) is 0 Å². The summed E-state index contributed by atoms with van der Waals surface area (Å²) in [6.07, 6.45) is 4.28. The first-order valence-electron chi connectivity index (χ1n) is 6.03. The molecule has 5 nitrogen and oxygen atoms in total. The van der Waals surface area contributed by atoms with Crippen LogP contribution in [0.3, 0.4) is 0 Å². The van der Waals surface area contributed by atoms with Gasteiger partial charge in [0.1, 0.15) is 5.54 Å². The fourth-order valence-corrected chi connectivity index (χ4v) is 3.40. The zero-order valence-corrected chi connectivity index (χ0v) is 10.5. The maximum atomic E-state index is 11.6. The van der Waals surface area contributed by atoms with Crippen LogP contribution in [0.2, 0.25) is 0 Å². The molecule has 2 fully saturated rings. The van der Waals surface area contributed by atoms with E-state index >= 15 is 0 Å². The highest BCUT2D eigenvalue weighted by Gasteiger charge is 2.45. The van der Waals surface area contributed by atoms with E-state index in [-0.39, 0.29) is 6.03 Å². The lowest BCUT2D eigenvalue weighted by Crippen LogP contribution is -2.61. The van der Waals surface area contributed by atoms with Crippen LogP contribution in [0.1, 0.15) is 32.1 Å². The summed E-state index contributed by atoms with van der Waals surface area (Å²) < 4.78 is 0. The minimum absolute atomic E-state index is 0.348. The first kappa shape index (κ1) is 12.5. The summed E-state index contributed by atoms with van der Waals surface area (Å²) in [6, 6.07) is -0.348. The van der Waals surface area contributed by atoms with Gasteiger partial charge in [0.05, 0.1) is 0 Å². The number of nitrogens with one attached hydrogen (secondary N) is 2. The highest BCUT2D eigenvalue weighted by atomic mass is 32.2. The second kappa shape index (κ2) is 5.16. The molecule has 0 bridgehead atoms. The lowest BCUT2D eigenvalue weighted by molar-refractivity contribution is -0.148. The third kappa shape index (κ3) is 2.86. The van der Waals surface area contributed by atoms with E-state index in [2.05, 4.69) is 10.6 Å². The number of carbonyl (C=O) groups is 2. The van der Waals surface area contributed by atoms with Crippen molar-refractivity contribution in [3.63, 3.8) is 0 Å². The Morgan fingerprint density at radius 2 is 2.12 bits per heavy atom. The van der Waals surface area contributed by atoms with Crippen molar-refractivity contribution >= 4 is 23.8 Å². The van der Waals surface area contributed by atoms with Crippen molar-refractivity contribution in [1.29, 1.82) is 0 Å². The SMILES string of the molecule is O=C(NCC1CCCS1)NC1(C(=O)O)CCC1. The number of thioether (sulfide) groups is 1. The van der Waals surface area contributed by atoms with Gasteiger partial charge >= 0.3 is 12.0 Å². The Balaban J connectivity index is 1.74. The molecule has 0 spiro atoms. The molecule has 1 heterocycles. The number of aliphatic carboxylic acids is 1. The first-order chi connectivity index (χ1) is 8.12. The second-order valence-electron chi connectivity index (χ2n) is 4.71. The Morgan fingerprint density at radius 1 is 1.35 bits per heavy atom. The molecule has 1 unspecified atom stereocenters. The zero-order chi connectivity index (χ0) is 12.3. The van der Waals surface area contributed by atoms with Crippen molar-refractivity contribution < 1.29 is 14.7 Å². The van der Waals surface area contributed by atoms with Crippen LogP contribution < -0.4 is 10.6 Å². The van der Waals surface area contributed by atoms with Gasteiger partial charge in [0, 0.05) is 11.8 Å². The Bertz CT molecular complexity index is 312. The van der Waals surface area contributed by atoms with Crippen LogP contribution >= 0.6 is 11.8 Å². The normalized spacial score (nSPS) is 26.0. The van der Waals surface area contributed by atoms with Crippen LogP contribution in [0.5, 0.6) is 0 Å². The smallest absolute Gasteiger partial charge is 0.329 e. The van der Waals surface area contributed by atoms with Gasteiger partial charge in [0.15, 0.2) is 0 Å². The zero-order valence-electron chi connectivity index (χ0n) is 9.70. The average molecular weight is 258 g/mol. The third-order valence-corrected chi connectivity index (χ3v) is 4.88. The molecule has 3 N–H and O–H groups in total. The van der Waals surface area contributed by atoms with Gasteiger partial charge in [-0.1, -0.05) is 0 Å². The molecule has 2 rings (SSSR count). The lowest BCUT2D eigenvalue weighted by atomic mass is 9.77. The predicted octanol–water partition coefficient (Wildman–Crippen LogP) is 1.19. The van der Waals surface area contributed by atoms with E-state index in [0.29, 0.717) is 24.6 Å². The number of carbonyl (C=O) groups excluding carboxylic acids is 1. The quantitative estimate of drug-likeness (QED) is 0.707. The van der Waals surface area contributed by atoms with Crippen LogP contribution in [0.15, 0.2) is 0 Å². The molecular formula is C11H18N2O3S. The van der Waals surface area contributed by atoms with E-state index in [9.17, 15) is 9.59 Å². The molecule has 0 aromatic heterocycles. The van der Waals surface area contributed by atoms with Crippen molar-refractivity contribution in [1.82, 2.24) is 10.6 Å². The number of hydrogen-bond donors (Lipinski definition) is 3. The summed E-state index contributed by atoms with van der Waals surface area (Å²) in [7, 11) is 0. The molecule has 0 radical (unpaired) electrons. The molecule has 96 valence electrons. The largest absolute Gasteiger partial charge is 0.480 e. The van der Waals surface area contributed by atoms with Crippen molar-refractivity contribution in [3.8, 4) is 0 Å². The van der Waals surface area contributed by atoms with Gasteiger partial charge < -0.3 is 15.7 Å². The standard InChI is InChI=1S/C11H18N2O3S/c14-9(15)11(4-2-5-11)13-10(16)12-7-8-3-1-6-17-8/h8H,1-7H2,(H,14,15)(H2,12,13,16).